The van der Waals surface area contributed by atoms with E-state index in [0.29, 0.717) is 0 Å². The van der Waals surface area contributed by atoms with Crippen LogP contribution in [-0.4, -0.2) is 23.2 Å². The molecule has 0 bridgehead atoms. The summed E-state index contributed by atoms with van der Waals surface area (Å²) >= 11 is 0. The van der Waals surface area contributed by atoms with E-state index in [1.54, 1.807) is 0 Å². The minimum atomic E-state index is -0.521. The van der Waals surface area contributed by atoms with Crippen molar-refractivity contribution in [1.82, 2.24) is 5.32 Å². The number of aryl methyl sites for hydroxylation is 1. The molecule has 2 N–H and O–H groups in total. The maximum Gasteiger partial charge on any atom is 0.252 e. The highest BCUT2D eigenvalue weighted by atomic mass is 16.3. The molecule has 1 atom stereocenters. The van der Waals surface area contributed by atoms with E-state index in [1.807, 2.05) is 19.1 Å². The molecule has 1 aliphatic rings. The zero-order valence-electron chi connectivity index (χ0n) is 11.8. The molecule has 3 nitrogen and oxygen atoms in total. The van der Waals surface area contributed by atoms with Crippen molar-refractivity contribution in [3.63, 3.8) is 0 Å². The van der Waals surface area contributed by atoms with Crippen molar-refractivity contribution in [2.75, 3.05) is 6.61 Å². The molecule has 0 saturated heterocycles. The summed E-state index contributed by atoms with van der Waals surface area (Å²) in [6.45, 7) is 3.93. The number of rotatable bonds is 5. The summed E-state index contributed by atoms with van der Waals surface area (Å²) in [5, 5.41) is 12.5. The van der Waals surface area contributed by atoms with Crippen LogP contribution in [-0.2, 0) is 12.8 Å². The number of fused-ring (bicyclic) bond motifs is 1. The number of aliphatic hydroxyl groups is 1. The van der Waals surface area contributed by atoms with E-state index in [0.717, 1.165) is 37.7 Å². The number of benzene rings is 1. The largest absolute Gasteiger partial charge is 0.394 e. The first-order chi connectivity index (χ1) is 9.09. The molecule has 0 saturated carbocycles. The van der Waals surface area contributed by atoms with E-state index in [1.165, 1.54) is 11.1 Å². The molecule has 1 aliphatic carbocycles. The molecule has 1 unspecified atom stereocenters. The molecule has 0 spiro atoms. The van der Waals surface area contributed by atoms with Crippen LogP contribution < -0.4 is 5.32 Å². The normalized spacial score (nSPS) is 16.8. The molecule has 3 heteroatoms. The fourth-order valence-corrected chi connectivity index (χ4v) is 2.91. The van der Waals surface area contributed by atoms with Gasteiger partial charge >= 0.3 is 0 Å². The summed E-state index contributed by atoms with van der Waals surface area (Å²) in [5.74, 6) is -0.0521. The van der Waals surface area contributed by atoms with E-state index >= 15 is 0 Å². The Balaban J connectivity index is 2.19. The Morgan fingerprint density at radius 2 is 2.21 bits per heavy atom. The van der Waals surface area contributed by atoms with Gasteiger partial charge in [0.05, 0.1) is 12.1 Å². The third-order valence-corrected chi connectivity index (χ3v) is 3.96. The first-order valence-electron chi connectivity index (χ1n) is 7.14. The molecular weight excluding hydrogens is 238 g/mol. The van der Waals surface area contributed by atoms with Gasteiger partial charge in [0, 0.05) is 5.56 Å². The molecule has 19 heavy (non-hydrogen) atoms. The van der Waals surface area contributed by atoms with E-state index in [9.17, 15) is 9.90 Å². The van der Waals surface area contributed by atoms with Crippen molar-refractivity contribution in [3.05, 3.63) is 34.9 Å². The van der Waals surface area contributed by atoms with Crippen molar-refractivity contribution in [2.24, 2.45) is 0 Å². The summed E-state index contributed by atoms with van der Waals surface area (Å²) in [6.07, 6.45) is 4.91. The summed E-state index contributed by atoms with van der Waals surface area (Å²) < 4.78 is 0. The second-order valence-corrected chi connectivity index (χ2v) is 5.72. The van der Waals surface area contributed by atoms with Gasteiger partial charge in [-0.2, -0.15) is 0 Å². The highest BCUT2D eigenvalue weighted by Gasteiger charge is 2.27. The van der Waals surface area contributed by atoms with Crippen LogP contribution in [0.15, 0.2) is 18.2 Å². The predicted molar refractivity (Wildman–Crippen MR) is 76.3 cm³/mol. The molecule has 0 heterocycles. The van der Waals surface area contributed by atoms with Gasteiger partial charge < -0.3 is 10.4 Å². The van der Waals surface area contributed by atoms with E-state index in [-0.39, 0.29) is 12.5 Å². The summed E-state index contributed by atoms with van der Waals surface area (Å²) in [5.41, 5.74) is 2.75. The molecule has 0 radical (unpaired) electrons. The van der Waals surface area contributed by atoms with Crippen molar-refractivity contribution in [3.8, 4) is 0 Å². The molecule has 2 rings (SSSR count). The SMILES string of the molecule is CCCC(C)(CO)NC(=O)c1cccc2c1CCC2. The minimum absolute atomic E-state index is 0.0262. The lowest BCUT2D eigenvalue weighted by atomic mass is 9.95. The van der Waals surface area contributed by atoms with E-state index in [4.69, 9.17) is 0 Å². The number of carbonyl (C=O) groups excluding carboxylic acids is 1. The first kappa shape index (κ1) is 14.1. The number of hydrogen-bond acceptors (Lipinski definition) is 2. The molecule has 0 aliphatic heterocycles. The van der Waals surface area contributed by atoms with E-state index in [2.05, 4.69) is 18.3 Å². The van der Waals surface area contributed by atoms with Gasteiger partial charge in [0.25, 0.3) is 5.91 Å². The average molecular weight is 261 g/mol. The quantitative estimate of drug-likeness (QED) is 0.855. The standard InChI is InChI=1S/C16H23NO2/c1-3-10-16(2,11-18)17-15(19)14-9-5-7-12-6-4-8-13(12)14/h5,7,9,18H,3-4,6,8,10-11H2,1-2H3,(H,17,19). The summed E-state index contributed by atoms with van der Waals surface area (Å²) in [7, 11) is 0. The fraction of sp³-hybridized carbons (Fsp3) is 0.562. The number of aliphatic hydroxyl groups excluding tert-OH is 1. The van der Waals surface area contributed by atoms with Gasteiger partial charge in [0.1, 0.15) is 0 Å². The maximum atomic E-state index is 12.4. The lowest BCUT2D eigenvalue weighted by molar-refractivity contribution is 0.0840. The highest BCUT2D eigenvalue weighted by molar-refractivity contribution is 5.96. The Morgan fingerprint density at radius 1 is 1.42 bits per heavy atom. The minimum Gasteiger partial charge on any atom is -0.394 e. The number of carbonyl (C=O) groups is 1. The van der Waals surface area contributed by atoms with Crippen LogP contribution in [0, 0.1) is 0 Å². The third kappa shape index (κ3) is 2.98. The Bertz CT molecular complexity index is 470. The average Bonchev–Trinajstić information content (AvgIpc) is 2.86. The van der Waals surface area contributed by atoms with Gasteiger partial charge in [0.2, 0.25) is 0 Å². The van der Waals surface area contributed by atoms with Crippen LogP contribution in [0.5, 0.6) is 0 Å². The van der Waals surface area contributed by atoms with E-state index < -0.39 is 5.54 Å². The van der Waals surface area contributed by atoms with Crippen LogP contribution in [0.2, 0.25) is 0 Å². The summed E-state index contributed by atoms with van der Waals surface area (Å²) in [6, 6.07) is 5.95. The van der Waals surface area contributed by atoms with Crippen LogP contribution in [0.1, 0.15) is 54.6 Å². The van der Waals surface area contributed by atoms with Gasteiger partial charge in [-0.3, -0.25) is 4.79 Å². The zero-order chi connectivity index (χ0) is 13.9. The lowest BCUT2D eigenvalue weighted by Gasteiger charge is -2.28. The Labute approximate surface area is 115 Å². The number of nitrogens with one attached hydrogen (secondary N) is 1. The van der Waals surface area contributed by atoms with Gasteiger partial charge in [0.15, 0.2) is 0 Å². The fourth-order valence-electron chi connectivity index (χ4n) is 2.91. The smallest absolute Gasteiger partial charge is 0.252 e. The molecule has 1 amide bonds. The molecule has 0 fully saturated rings. The molecule has 1 aromatic rings. The van der Waals surface area contributed by atoms with Crippen LogP contribution in [0.25, 0.3) is 0 Å². The first-order valence-corrected chi connectivity index (χ1v) is 7.14. The highest BCUT2D eigenvalue weighted by Crippen LogP contribution is 2.25. The number of amides is 1. The van der Waals surface area contributed by atoms with Gasteiger partial charge in [-0.1, -0.05) is 25.5 Å². The second kappa shape index (κ2) is 5.74. The molecule has 1 aromatic carbocycles. The monoisotopic (exact) mass is 261 g/mol. The topological polar surface area (TPSA) is 49.3 Å². The van der Waals surface area contributed by atoms with Crippen molar-refractivity contribution >= 4 is 5.91 Å². The van der Waals surface area contributed by atoms with Crippen LogP contribution >= 0.6 is 0 Å². The van der Waals surface area contributed by atoms with Gasteiger partial charge in [-0.25, -0.2) is 0 Å². The van der Waals surface area contributed by atoms with Crippen molar-refractivity contribution in [2.45, 2.75) is 51.5 Å². The molecule has 104 valence electrons. The predicted octanol–water partition coefficient (Wildman–Crippen LogP) is 2.46. The number of hydrogen-bond donors (Lipinski definition) is 2. The molecule has 0 aromatic heterocycles. The van der Waals surface area contributed by atoms with Crippen LogP contribution in [0.4, 0.5) is 0 Å². The zero-order valence-corrected chi connectivity index (χ0v) is 11.8. The van der Waals surface area contributed by atoms with Crippen LogP contribution in [0.3, 0.4) is 0 Å². The lowest BCUT2D eigenvalue weighted by Crippen LogP contribution is -2.49. The Hall–Kier alpha value is -1.35. The Kier molecular flexibility index (Phi) is 4.25. The second-order valence-electron chi connectivity index (χ2n) is 5.72. The Morgan fingerprint density at radius 3 is 2.89 bits per heavy atom. The van der Waals surface area contributed by atoms with Gasteiger partial charge in [-0.15, -0.1) is 0 Å². The van der Waals surface area contributed by atoms with Crippen molar-refractivity contribution < 1.29 is 9.90 Å². The van der Waals surface area contributed by atoms with Gasteiger partial charge in [-0.05, 0) is 49.8 Å². The maximum absolute atomic E-state index is 12.4. The third-order valence-electron chi connectivity index (χ3n) is 3.96. The summed E-state index contributed by atoms with van der Waals surface area (Å²) in [4.78, 5) is 12.4. The van der Waals surface area contributed by atoms with Crippen molar-refractivity contribution in [1.29, 1.82) is 0 Å². The molecular formula is C16H23NO2.